The lowest BCUT2D eigenvalue weighted by atomic mass is 9.97. The average Bonchev–Trinajstić information content (AvgIpc) is 3.46. The van der Waals surface area contributed by atoms with Crippen LogP contribution in [0.4, 0.5) is 5.00 Å². The molecule has 1 amide bonds. The van der Waals surface area contributed by atoms with Crippen molar-refractivity contribution in [3.05, 3.63) is 75.4 Å². The van der Waals surface area contributed by atoms with Gasteiger partial charge in [0.2, 0.25) is 5.91 Å². The molecule has 0 aliphatic carbocycles. The van der Waals surface area contributed by atoms with E-state index in [1.807, 2.05) is 49.6 Å². The Bertz CT molecular complexity index is 1450. The van der Waals surface area contributed by atoms with Gasteiger partial charge in [-0.15, -0.1) is 21.5 Å². The molecule has 2 aromatic carbocycles. The minimum Gasteiger partial charge on any atom is -0.484 e. The number of esters is 1. The van der Waals surface area contributed by atoms with Crippen molar-refractivity contribution in [2.24, 2.45) is 7.05 Å². The minimum absolute atomic E-state index is 0.0780. The molecule has 0 saturated carbocycles. The summed E-state index contributed by atoms with van der Waals surface area (Å²) in [5.74, 6) is 0.442. The van der Waals surface area contributed by atoms with Crippen molar-refractivity contribution in [3.8, 4) is 16.9 Å². The lowest BCUT2D eigenvalue weighted by Gasteiger charge is -2.10. The zero-order valence-electron chi connectivity index (χ0n) is 20.7. The number of hydrogen-bond acceptors (Lipinski definition) is 8. The number of hydrogen-bond donors (Lipinski definition) is 1. The van der Waals surface area contributed by atoms with Crippen LogP contribution in [0.1, 0.15) is 27.3 Å². The first-order valence-electron chi connectivity index (χ1n) is 11.2. The molecular weight excluding hydrogens is 532 g/mol. The van der Waals surface area contributed by atoms with E-state index in [1.54, 1.807) is 23.7 Å². The number of nitrogens with one attached hydrogen (secondary N) is 1. The van der Waals surface area contributed by atoms with Gasteiger partial charge in [-0.05, 0) is 37.1 Å². The molecular formula is C26H25ClN4O4S2. The van der Waals surface area contributed by atoms with Gasteiger partial charge in [0.1, 0.15) is 22.9 Å². The number of aromatic nitrogens is 3. The number of rotatable bonds is 9. The van der Waals surface area contributed by atoms with Crippen molar-refractivity contribution in [1.29, 1.82) is 0 Å². The third-order valence-electron chi connectivity index (χ3n) is 5.57. The van der Waals surface area contributed by atoms with Gasteiger partial charge < -0.3 is 19.4 Å². The summed E-state index contributed by atoms with van der Waals surface area (Å²) < 4.78 is 12.5. The maximum Gasteiger partial charge on any atom is 0.341 e. The number of amides is 1. The highest BCUT2D eigenvalue weighted by Gasteiger charge is 2.23. The van der Waals surface area contributed by atoms with Crippen molar-refractivity contribution in [2.75, 3.05) is 18.2 Å². The predicted molar refractivity (Wildman–Crippen MR) is 147 cm³/mol. The SMILES string of the molecule is COC(=O)c1c(-c2cc(C)ccc2C)csc1NC(=O)CSc1nnc(COc2ccccc2Cl)n1C. The van der Waals surface area contributed by atoms with Crippen LogP contribution in [-0.4, -0.2) is 39.5 Å². The summed E-state index contributed by atoms with van der Waals surface area (Å²) >= 11 is 8.65. The second-order valence-electron chi connectivity index (χ2n) is 8.18. The number of anilines is 1. The highest BCUT2D eigenvalue weighted by Crippen LogP contribution is 2.38. The van der Waals surface area contributed by atoms with Crippen molar-refractivity contribution in [2.45, 2.75) is 25.6 Å². The largest absolute Gasteiger partial charge is 0.484 e. The molecule has 0 fully saturated rings. The van der Waals surface area contributed by atoms with Crippen LogP contribution >= 0.6 is 34.7 Å². The third-order valence-corrected chi connectivity index (χ3v) is 7.80. The Morgan fingerprint density at radius 3 is 2.68 bits per heavy atom. The molecule has 0 radical (unpaired) electrons. The first-order chi connectivity index (χ1) is 17.8. The molecule has 1 N–H and O–H groups in total. The van der Waals surface area contributed by atoms with Gasteiger partial charge >= 0.3 is 5.97 Å². The topological polar surface area (TPSA) is 95.3 Å². The fourth-order valence-corrected chi connectivity index (χ4v) is 5.46. The Labute approximate surface area is 228 Å². The van der Waals surface area contributed by atoms with E-state index < -0.39 is 5.97 Å². The van der Waals surface area contributed by atoms with Crippen LogP contribution in [0.3, 0.4) is 0 Å². The Morgan fingerprint density at radius 1 is 1.14 bits per heavy atom. The molecule has 37 heavy (non-hydrogen) atoms. The highest BCUT2D eigenvalue weighted by molar-refractivity contribution is 7.99. The van der Waals surface area contributed by atoms with Crippen LogP contribution in [0, 0.1) is 13.8 Å². The molecule has 0 unspecified atom stereocenters. The number of para-hydroxylation sites is 1. The predicted octanol–water partition coefficient (Wildman–Crippen LogP) is 5.91. The molecule has 2 aromatic heterocycles. The van der Waals surface area contributed by atoms with E-state index in [4.69, 9.17) is 21.1 Å². The third kappa shape index (κ3) is 6.15. The lowest BCUT2D eigenvalue weighted by Crippen LogP contribution is -2.16. The number of carbonyl (C=O) groups excluding carboxylic acids is 2. The number of aryl methyl sites for hydroxylation is 2. The molecule has 8 nitrogen and oxygen atoms in total. The summed E-state index contributed by atoms with van der Waals surface area (Å²) in [6.07, 6.45) is 0. The normalized spacial score (nSPS) is 10.8. The van der Waals surface area contributed by atoms with Gasteiger partial charge in [-0.25, -0.2) is 4.79 Å². The minimum atomic E-state index is -0.503. The number of methoxy groups -OCH3 is 1. The quantitative estimate of drug-likeness (QED) is 0.202. The number of benzene rings is 2. The molecule has 11 heteroatoms. The standard InChI is InChI=1S/C26H25ClN4O4S2/c1-15-9-10-16(2)17(11-15)18-13-36-24(23(18)25(33)34-4)28-22(32)14-37-26-30-29-21(31(26)3)12-35-20-8-6-5-7-19(20)27/h5-11,13H,12,14H2,1-4H3,(H,28,32). The smallest absolute Gasteiger partial charge is 0.341 e. The van der Waals surface area contributed by atoms with E-state index in [2.05, 4.69) is 15.5 Å². The molecule has 4 aromatic rings. The zero-order chi connectivity index (χ0) is 26.5. The van der Waals surface area contributed by atoms with Crippen molar-refractivity contribution < 1.29 is 19.1 Å². The fourth-order valence-electron chi connectivity index (χ4n) is 3.57. The van der Waals surface area contributed by atoms with Crippen LogP contribution in [0.5, 0.6) is 5.75 Å². The molecule has 4 rings (SSSR count). The van der Waals surface area contributed by atoms with E-state index in [9.17, 15) is 9.59 Å². The molecule has 0 bridgehead atoms. The van der Waals surface area contributed by atoms with E-state index in [0.29, 0.717) is 32.3 Å². The van der Waals surface area contributed by atoms with Gasteiger partial charge in [0.25, 0.3) is 0 Å². The number of nitrogens with zero attached hydrogens (tertiary/aromatic N) is 3. The monoisotopic (exact) mass is 556 g/mol. The first-order valence-corrected chi connectivity index (χ1v) is 13.5. The van der Waals surface area contributed by atoms with E-state index in [1.165, 1.54) is 30.2 Å². The molecule has 0 saturated heterocycles. The molecule has 0 atom stereocenters. The van der Waals surface area contributed by atoms with E-state index in [0.717, 1.165) is 22.3 Å². The van der Waals surface area contributed by atoms with Crippen LogP contribution in [-0.2, 0) is 23.2 Å². The van der Waals surface area contributed by atoms with Gasteiger partial charge in [-0.1, -0.05) is 59.3 Å². The van der Waals surface area contributed by atoms with Crippen LogP contribution < -0.4 is 10.1 Å². The summed E-state index contributed by atoms with van der Waals surface area (Å²) in [4.78, 5) is 25.5. The number of thioether (sulfide) groups is 1. The Kier molecular flexibility index (Phi) is 8.52. The van der Waals surface area contributed by atoms with Gasteiger partial charge in [0, 0.05) is 18.0 Å². The number of ether oxygens (including phenoxy) is 2. The second kappa shape index (κ2) is 11.8. The second-order valence-corrected chi connectivity index (χ2v) is 10.4. The number of carbonyl (C=O) groups is 2. The Morgan fingerprint density at radius 2 is 1.92 bits per heavy atom. The summed E-state index contributed by atoms with van der Waals surface area (Å²) in [7, 11) is 3.13. The first kappa shape index (κ1) is 26.7. The Balaban J connectivity index is 1.43. The van der Waals surface area contributed by atoms with Gasteiger partial charge in [0.15, 0.2) is 11.0 Å². The summed E-state index contributed by atoms with van der Waals surface area (Å²) in [6.45, 7) is 4.16. The van der Waals surface area contributed by atoms with E-state index in [-0.39, 0.29) is 18.3 Å². The van der Waals surface area contributed by atoms with Gasteiger partial charge in [-0.2, -0.15) is 0 Å². The zero-order valence-corrected chi connectivity index (χ0v) is 23.1. The maximum absolute atomic E-state index is 12.8. The van der Waals surface area contributed by atoms with Crippen molar-refractivity contribution in [3.63, 3.8) is 0 Å². The van der Waals surface area contributed by atoms with Crippen molar-refractivity contribution in [1.82, 2.24) is 14.8 Å². The van der Waals surface area contributed by atoms with Crippen LogP contribution in [0.2, 0.25) is 5.02 Å². The number of halogens is 1. The Hall–Kier alpha value is -3.34. The van der Waals surface area contributed by atoms with Crippen LogP contribution in [0.25, 0.3) is 11.1 Å². The molecule has 192 valence electrons. The summed E-state index contributed by atoms with van der Waals surface area (Å²) in [5.41, 5.74) is 4.11. The number of thiophene rings is 1. The lowest BCUT2D eigenvalue weighted by molar-refractivity contribution is -0.113. The average molecular weight is 557 g/mol. The highest BCUT2D eigenvalue weighted by atomic mass is 35.5. The molecule has 2 heterocycles. The van der Waals surface area contributed by atoms with Crippen molar-refractivity contribution >= 4 is 51.6 Å². The molecule has 0 aliphatic rings. The summed E-state index contributed by atoms with van der Waals surface area (Å²) in [6, 6.07) is 13.2. The fraction of sp³-hybridized carbons (Fsp3) is 0.231. The van der Waals surface area contributed by atoms with E-state index >= 15 is 0 Å². The molecule has 0 spiro atoms. The van der Waals surface area contributed by atoms with Gasteiger partial charge in [0.05, 0.1) is 17.9 Å². The summed E-state index contributed by atoms with van der Waals surface area (Å²) in [5, 5.41) is 14.6. The van der Waals surface area contributed by atoms with Gasteiger partial charge in [-0.3, -0.25) is 4.79 Å². The maximum atomic E-state index is 12.8. The molecule has 0 aliphatic heterocycles. The van der Waals surface area contributed by atoms with Crippen LogP contribution in [0.15, 0.2) is 53.0 Å².